The van der Waals surface area contributed by atoms with Crippen LogP contribution in [0.5, 0.6) is 0 Å². The number of benzene rings is 1. The van der Waals surface area contributed by atoms with Gasteiger partial charge in [0.2, 0.25) is 0 Å². The molecule has 0 bridgehead atoms. The lowest BCUT2D eigenvalue weighted by molar-refractivity contribution is 0.205. The van der Waals surface area contributed by atoms with Gasteiger partial charge in [-0.1, -0.05) is 24.3 Å². The monoisotopic (exact) mass is 288 g/mol. The molecule has 0 unspecified atom stereocenters. The smallest absolute Gasteiger partial charge is 0.0341 e. The van der Waals surface area contributed by atoms with E-state index in [1.807, 2.05) is 17.8 Å². The maximum atomic E-state index is 3.91. The Morgan fingerprint density at radius 3 is 2.85 bits per heavy atom. The zero-order valence-electron chi connectivity index (χ0n) is 12.1. The van der Waals surface area contributed by atoms with Crippen molar-refractivity contribution >= 4 is 11.8 Å². The molecule has 0 radical (unpaired) electrons. The van der Waals surface area contributed by atoms with E-state index in [0.29, 0.717) is 12.1 Å². The van der Waals surface area contributed by atoms with Gasteiger partial charge in [0, 0.05) is 23.5 Å². The summed E-state index contributed by atoms with van der Waals surface area (Å²) in [5, 5.41) is 3.91. The highest BCUT2D eigenvalue weighted by Crippen LogP contribution is 2.36. The van der Waals surface area contributed by atoms with Gasteiger partial charge in [-0.2, -0.15) is 0 Å². The third-order valence-corrected chi connectivity index (χ3v) is 5.49. The van der Waals surface area contributed by atoms with Crippen LogP contribution in [0.3, 0.4) is 0 Å². The molecule has 2 heterocycles. The Labute approximate surface area is 126 Å². The van der Waals surface area contributed by atoms with Gasteiger partial charge in [0.25, 0.3) is 0 Å². The molecule has 2 aliphatic rings. The number of nitrogens with zero attached hydrogens (tertiary/aromatic N) is 1. The molecule has 1 N–H and O–H groups in total. The summed E-state index contributed by atoms with van der Waals surface area (Å²) in [6, 6.07) is 10.1. The van der Waals surface area contributed by atoms with Crippen molar-refractivity contribution in [3.05, 3.63) is 42.5 Å². The first-order chi connectivity index (χ1) is 9.86. The predicted molar refractivity (Wildman–Crippen MR) is 87.3 cm³/mol. The van der Waals surface area contributed by atoms with E-state index < -0.39 is 0 Å². The van der Waals surface area contributed by atoms with Crippen LogP contribution in [-0.2, 0) is 0 Å². The fraction of sp³-hybridized carbons (Fsp3) is 0.529. The minimum Gasteiger partial charge on any atom is -0.307 e. The van der Waals surface area contributed by atoms with E-state index in [-0.39, 0.29) is 0 Å². The van der Waals surface area contributed by atoms with Gasteiger partial charge in [0.15, 0.2) is 0 Å². The number of hydrogen-bond acceptors (Lipinski definition) is 3. The Kier molecular flexibility index (Phi) is 4.81. The van der Waals surface area contributed by atoms with Crippen LogP contribution in [-0.4, -0.2) is 36.3 Å². The summed E-state index contributed by atoms with van der Waals surface area (Å²) in [5.41, 5.74) is 1.51. The summed E-state index contributed by atoms with van der Waals surface area (Å²) < 4.78 is 0. The van der Waals surface area contributed by atoms with Crippen LogP contribution in [0.15, 0.2) is 41.8 Å². The lowest BCUT2D eigenvalue weighted by Gasteiger charge is -2.35. The zero-order valence-corrected chi connectivity index (χ0v) is 12.9. The lowest BCUT2D eigenvalue weighted by atomic mass is 9.99. The van der Waals surface area contributed by atoms with Crippen LogP contribution in [0.25, 0.3) is 0 Å². The quantitative estimate of drug-likeness (QED) is 0.854. The van der Waals surface area contributed by atoms with E-state index in [1.54, 1.807) is 0 Å². The molecule has 0 saturated carbocycles. The summed E-state index contributed by atoms with van der Waals surface area (Å²) in [4.78, 5) is 3.97. The average molecular weight is 288 g/mol. The molecular formula is C17H24N2S. The van der Waals surface area contributed by atoms with Crippen LogP contribution in [0.1, 0.15) is 30.9 Å². The molecule has 2 nitrogen and oxygen atoms in total. The Hall–Kier alpha value is -0.770. The van der Waals surface area contributed by atoms with Crippen molar-refractivity contribution < 1.29 is 0 Å². The molecule has 3 rings (SSSR count). The van der Waals surface area contributed by atoms with Crippen molar-refractivity contribution in [3.8, 4) is 0 Å². The van der Waals surface area contributed by atoms with E-state index in [2.05, 4.69) is 41.1 Å². The van der Waals surface area contributed by atoms with Gasteiger partial charge in [-0.3, -0.25) is 4.90 Å². The fourth-order valence-electron chi connectivity index (χ4n) is 3.26. The average Bonchev–Trinajstić information content (AvgIpc) is 2.50. The highest BCUT2D eigenvalue weighted by atomic mass is 32.2. The van der Waals surface area contributed by atoms with Crippen molar-refractivity contribution in [2.75, 3.05) is 25.4 Å². The summed E-state index contributed by atoms with van der Waals surface area (Å²) in [6.07, 6.45) is 5.80. The van der Waals surface area contributed by atoms with Gasteiger partial charge >= 0.3 is 0 Å². The summed E-state index contributed by atoms with van der Waals surface area (Å²) in [5.74, 6) is 1.24. The molecule has 2 aliphatic heterocycles. The van der Waals surface area contributed by atoms with E-state index in [9.17, 15) is 0 Å². The van der Waals surface area contributed by atoms with Gasteiger partial charge < -0.3 is 5.32 Å². The van der Waals surface area contributed by atoms with Gasteiger partial charge in [-0.05, 0) is 49.7 Å². The molecule has 1 fully saturated rings. The van der Waals surface area contributed by atoms with Crippen molar-refractivity contribution in [1.29, 1.82) is 0 Å². The van der Waals surface area contributed by atoms with Crippen molar-refractivity contribution in [1.82, 2.24) is 10.2 Å². The number of thioether (sulfide) groups is 1. The first kappa shape index (κ1) is 14.2. The van der Waals surface area contributed by atoms with Crippen LogP contribution in [0, 0.1) is 0 Å². The van der Waals surface area contributed by atoms with E-state index >= 15 is 0 Å². The highest BCUT2D eigenvalue weighted by Gasteiger charge is 2.25. The third-order valence-electron chi connectivity index (χ3n) is 4.37. The molecule has 0 spiro atoms. The Bertz CT molecular complexity index is 452. The molecule has 1 aromatic carbocycles. The largest absolute Gasteiger partial charge is 0.307 e. The Morgan fingerprint density at radius 1 is 1.25 bits per heavy atom. The first-order valence-corrected chi connectivity index (χ1v) is 8.66. The number of rotatable bonds is 4. The van der Waals surface area contributed by atoms with E-state index in [0.717, 1.165) is 6.54 Å². The van der Waals surface area contributed by atoms with E-state index in [1.165, 1.54) is 48.6 Å². The second-order valence-corrected chi connectivity index (χ2v) is 6.89. The standard InChI is InChI=1S/C17H24N2S/c1-2-10-19-11-7-14(8-12-19)18-16-9-13-20-17-6-4-3-5-15(16)17/h2-6,14,16,18H,1,7-13H2/t16-/m0/s1. The second kappa shape index (κ2) is 6.79. The Morgan fingerprint density at radius 2 is 2.05 bits per heavy atom. The molecule has 20 heavy (non-hydrogen) atoms. The zero-order chi connectivity index (χ0) is 13.8. The van der Waals surface area contributed by atoms with Crippen molar-refractivity contribution in [2.24, 2.45) is 0 Å². The molecular weight excluding hydrogens is 264 g/mol. The van der Waals surface area contributed by atoms with Gasteiger partial charge in [-0.25, -0.2) is 0 Å². The van der Waals surface area contributed by atoms with E-state index in [4.69, 9.17) is 0 Å². The SMILES string of the molecule is C=CCN1CCC(N[C@H]2CCSc3ccccc32)CC1. The number of hydrogen-bond donors (Lipinski definition) is 1. The Balaban J connectivity index is 1.58. The lowest BCUT2D eigenvalue weighted by Crippen LogP contribution is -2.44. The minimum atomic E-state index is 0.559. The molecule has 1 atom stereocenters. The summed E-state index contributed by atoms with van der Waals surface area (Å²) >= 11 is 2.00. The normalized spacial score (nSPS) is 24.3. The molecule has 1 aromatic rings. The fourth-order valence-corrected chi connectivity index (χ4v) is 4.39. The van der Waals surface area contributed by atoms with Gasteiger partial charge in [0.1, 0.15) is 0 Å². The van der Waals surface area contributed by atoms with Gasteiger partial charge in [-0.15, -0.1) is 18.3 Å². The molecule has 1 saturated heterocycles. The van der Waals surface area contributed by atoms with Crippen LogP contribution in [0.2, 0.25) is 0 Å². The molecule has 0 aliphatic carbocycles. The van der Waals surface area contributed by atoms with Crippen LogP contribution < -0.4 is 5.32 Å². The number of likely N-dealkylation sites (tertiary alicyclic amines) is 1. The maximum Gasteiger partial charge on any atom is 0.0341 e. The topological polar surface area (TPSA) is 15.3 Å². The van der Waals surface area contributed by atoms with Crippen molar-refractivity contribution in [3.63, 3.8) is 0 Å². The minimum absolute atomic E-state index is 0.559. The molecule has 3 heteroatoms. The second-order valence-electron chi connectivity index (χ2n) is 5.76. The highest BCUT2D eigenvalue weighted by molar-refractivity contribution is 7.99. The maximum absolute atomic E-state index is 3.91. The summed E-state index contributed by atoms with van der Waals surface area (Å²) in [6.45, 7) is 7.27. The number of nitrogens with one attached hydrogen (secondary N) is 1. The molecule has 0 amide bonds. The first-order valence-electron chi connectivity index (χ1n) is 7.68. The molecule has 108 valence electrons. The summed E-state index contributed by atoms with van der Waals surface area (Å²) in [7, 11) is 0. The number of fused-ring (bicyclic) bond motifs is 1. The van der Waals surface area contributed by atoms with Crippen molar-refractivity contribution in [2.45, 2.75) is 36.2 Å². The van der Waals surface area contributed by atoms with Gasteiger partial charge in [0.05, 0.1) is 0 Å². The predicted octanol–water partition coefficient (Wildman–Crippen LogP) is 3.46. The third kappa shape index (κ3) is 3.27. The van der Waals surface area contributed by atoms with Crippen LogP contribution >= 0.6 is 11.8 Å². The number of piperidine rings is 1. The molecule has 0 aromatic heterocycles. The van der Waals surface area contributed by atoms with Crippen LogP contribution in [0.4, 0.5) is 0 Å².